The summed E-state index contributed by atoms with van der Waals surface area (Å²) in [5.74, 6) is 0. The van der Waals surface area contributed by atoms with Crippen LogP contribution in [0.3, 0.4) is 0 Å². The van der Waals surface area contributed by atoms with Crippen molar-refractivity contribution in [2.75, 3.05) is 5.32 Å². The van der Waals surface area contributed by atoms with E-state index in [4.69, 9.17) is 17.5 Å². The Hall–Kier alpha value is -1.40. The molecule has 0 saturated carbocycles. The molecule has 0 aromatic heterocycles. The molecule has 0 saturated heterocycles. The molecular weight excluding hydrogens is 192 g/mol. The van der Waals surface area contributed by atoms with Crippen molar-refractivity contribution in [1.82, 2.24) is 0 Å². The van der Waals surface area contributed by atoms with E-state index in [2.05, 4.69) is 5.32 Å². The first-order chi connectivity index (χ1) is 6.72. The monoisotopic (exact) mass is 206 g/mol. The van der Waals surface area contributed by atoms with Crippen LogP contribution in [0.15, 0.2) is 24.3 Å². The van der Waals surface area contributed by atoms with Crippen molar-refractivity contribution in [3.05, 3.63) is 29.8 Å². The van der Waals surface area contributed by atoms with Crippen molar-refractivity contribution in [2.24, 2.45) is 0 Å². The van der Waals surface area contributed by atoms with Crippen LogP contribution in [0.5, 0.6) is 0 Å². The van der Waals surface area contributed by atoms with E-state index in [0.29, 0.717) is 5.56 Å². The third-order valence-corrected chi connectivity index (χ3v) is 1.44. The highest BCUT2D eigenvalue weighted by molar-refractivity contribution is 7.80. The molecular formula is C11H14N2S. The van der Waals surface area contributed by atoms with Gasteiger partial charge in [0.15, 0.2) is 0 Å². The van der Waals surface area contributed by atoms with Crippen LogP contribution in [0.4, 0.5) is 5.69 Å². The van der Waals surface area contributed by atoms with Crippen molar-refractivity contribution in [3.63, 3.8) is 0 Å². The number of hydrogen-bond acceptors (Lipinski definition) is 2. The third-order valence-electron chi connectivity index (χ3n) is 1.33. The Labute approximate surface area is 90.6 Å². The minimum atomic E-state index is 0.655. The van der Waals surface area contributed by atoms with Crippen LogP contribution < -0.4 is 5.32 Å². The largest absolute Gasteiger partial charge is 0.350 e. The van der Waals surface area contributed by atoms with Gasteiger partial charge in [-0.2, -0.15) is 5.26 Å². The average molecular weight is 206 g/mol. The first kappa shape index (κ1) is 12.6. The van der Waals surface area contributed by atoms with Gasteiger partial charge in [-0.25, -0.2) is 0 Å². The second kappa shape index (κ2) is 7.05. The molecule has 0 fully saturated rings. The quantitative estimate of drug-likeness (QED) is 0.716. The van der Waals surface area contributed by atoms with Crippen LogP contribution >= 0.6 is 12.2 Å². The third kappa shape index (κ3) is 4.58. The van der Waals surface area contributed by atoms with Crippen molar-refractivity contribution in [1.29, 1.82) is 5.26 Å². The maximum atomic E-state index is 8.51. The van der Waals surface area contributed by atoms with Gasteiger partial charge in [0, 0.05) is 5.69 Å². The number of rotatable bonds is 1. The zero-order valence-corrected chi connectivity index (χ0v) is 9.48. The average Bonchev–Trinajstić information content (AvgIpc) is 2.21. The van der Waals surface area contributed by atoms with Gasteiger partial charge in [-0.3, -0.25) is 0 Å². The molecule has 14 heavy (non-hydrogen) atoms. The standard InChI is InChI=1S/C9H8N2S.C2H6/c1-7(12)11-9-4-2-8(6-10)3-5-9;1-2/h2-5H,1H3,(H,11,12);1-2H3. The first-order valence-electron chi connectivity index (χ1n) is 4.50. The second-order valence-electron chi connectivity index (χ2n) is 2.37. The van der Waals surface area contributed by atoms with Crippen LogP contribution in [0.1, 0.15) is 26.3 Å². The molecule has 2 nitrogen and oxygen atoms in total. The summed E-state index contributed by atoms with van der Waals surface area (Å²) in [5.41, 5.74) is 1.57. The first-order valence-corrected chi connectivity index (χ1v) is 4.91. The molecule has 74 valence electrons. The van der Waals surface area contributed by atoms with E-state index in [1.807, 2.05) is 39.0 Å². The Morgan fingerprint density at radius 3 is 2.14 bits per heavy atom. The Kier molecular flexibility index (Phi) is 6.34. The molecule has 0 unspecified atom stereocenters. The molecule has 1 aromatic carbocycles. The van der Waals surface area contributed by atoms with E-state index in [9.17, 15) is 0 Å². The normalized spacial score (nSPS) is 7.86. The van der Waals surface area contributed by atoms with Gasteiger partial charge in [-0.05, 0) is 31.2 Å². The number of anilines is 1. The van der Waals surface area contributed by atoms with Crippen LogP contribution in [0.2, 0.25) is 0 Å². The second-order valence-corrected chi connectivity index (χ2v) is 2.98. The number of nitriles is 1. The molecule has 1 N–H and O–H groups in total. The molecule has 1 aromatic rings. The highest BCUT2D eigenvalue weighted by Gasteiger charge is 1.92. The van der Waals surface area contributed by atoms with Crippen molar-refractivity contribution in [2.45, 2.75) is 20.8 Å². The minimum Gasteiger partial charge on any atom is -0.350 e. The fourth-order valence-electron chi connectivity index (χ4n) is 0.831. The van der Waals surface area contributed by atoms with Gasteiger partial charge in [-0.15, -0.1) is 0 Å². The number of hydrogen-bond donors (Lipinski definition) is 1. The highest BCUT2D eigenvalue weighted by atomic mass is 32.1. The Morgan fingerprint density at radius 2 is 1.79 bits per heavy atom. The summed E-state index contributed by atoms with van der Waals surface area (Å²) in [6, 6.07) is 9.20. The SMILES string of the molecule is CC.CC(=S)Nc1ccc(C#N)cc1. The fraction of sp³-hybridized carbons (Fsp3) is 0.273. The smallest absolute Gasteiger partial charge is 0.0991 e. The Morgan fingerprint density at radius 1 is 1.29 bits per heavy atom. The number of thiocarbonyl (C=S) groups is 1. The van der Waals surface area contributed by atoms with Gasteiger partial charge < -0.3 is 5.32 Å². The van der Waals surface area contributed by atoms with E-state index < -0.39 is 0 Å². The maximum absolute atomic E-state index is 8.51. The summed E-state index contributed by atoms with van der Waals surface area (Å²) in [4.78, 5) is 0.722. The van der Waals surface area contributed by atoms with Gasteiger partial charge in [0.1, 0.15) is 0 Å². The number of nitrogens with one attached hydrogen (secondary N) is 1. The molecule has 0 atom stereocenters. The topological polar surface area (TPSA) is 35.8 Å². The van der Waals surface area contributed by atoms with E-state index in [1.54, 1.807) is 12.1 Å². The van der Waals surface area contributed by atoms with E-state index in [0.717, 1.165) is 10.7 Å². The molecule has 0 heterocycles. The predicted molar refractivity (Wildman–Crippen MR) is 64.4 cm³/mol. The molecule has 3 heteroatoms. The van der Waals surface area contributed by atoms with Crippen LogP contribution in [-0.4, -0.2) is 4.99 Å². The molecule has 0 spiro atoms. The van der Waals surface area contributed by atoms with E-state index >= 15 is 0 Å². The lowest BCUT2D eigenvalue weighted by Crippen LogP contribution is -2.02. The lowest BCUT2D eigenvalue weighted by Gasteiger charge is -2.02. The summed E-state index contributed by atoms with van der Waals surface area (Å²) in [5, 5.41) is 11.5. The van der Waals surface area contributed by atoms with Gasteiger partial charge in [-0.1, -0.05) is 26.1 Å². The molecule has 0 bridgehead atoms. The summed E-state index contributed by atoms with van der Waals surface area (Å²) in [6.45, 7) is 5.81. The molecule has 0 amide bonds. The zero-order valence-electron chi connectivity index (χ0n) is 8.66. The number of benzene rings is 1. The Balaban J connectivity index is 0.000000791. The summed E-state index contributed by atoms with van der Waals surface area (Å²) >= 11 is 4.86. The molecule has 0 aliphatic carbocycles. The van der Waals surface area contributed by atoms with Gasteiger partial charge in [0.25, 0.3) is 0 Å². The molecule has 0 radical (unpaired) electrons. The van der Waals surface area contributed by atoms with Crippen molar-refractivity contribution < 1.29 is 0 Å². The van der Waals surface area contributed by atoms with Crippen LogP contribution in [-0.2, 0) is 0 Å². The summed E-state index contributed by atoms with van der Waals surface area (Å²) in [6.07, 6.45) is 0. The molecule has 1 rings (SSSR count). The lowest BCUT2D eigenvalue weighted by atomic mass is 10.2. The fourth-order valence-corrected chi connectivity index (χ4v) is 0.949. The van der Waals surface area contributed by atoms with Gasteiger partial charge in [0.05, 0.1) is 16.6 Å². The zero-order chi connectivity index (χ0) is 11.0. The lowest BCUT2D eigenvalue weighted by molar-refractivity contribution is 1.48. The molecule has 0 aliphatic rings. The number of nitrogens with zero attached hydrogens (tertiary/aromatic N) is 1. The van der Waals surface area contributed by atoms with E-state index in [1.165, 1.54) is 0 Å². The maximum Gasteiger partial charge on any atom is 0.0991 e. The van der Waals surface area contributed by atoms with Crippen LogP contribution in [0.25, 0.3) is 0 Å². The van der Waals surface area contributed by atoms with Gasteiger partial charge in [0.2, 0.25) is 0 Å². The van der Waals surface area contributed by atoms with E-state index in [-0.39, 0.29) is 0 Å². The van der Waals surface area contributed by atoms with Gasteiger partial charge >= 0.3 is 0 Å². The Bertz CT molecular complexity index is 322. The van der Waals surface area contributed by atoms with Crippen LogP contribution in [0, 0.1) is 11.3 Å². The predicted octanol–water partition coefficient (Wildman–Crippen LogP) is 3.34. The van der Waals surface area contributed by atoms with Crippen molar-refractivity contribution >= 4 is 22.9 Å². The minimum absolute atomic E-state index is 0.655. The highest BCUT2D eigenvalue weighted by Crippen LogP contribution is 2.08. The summed E-state index contributed by atoms with van der Waals surface area (Å²) in [7, 11) is 0. The van der Waals surface area contributed by atoms with Crippen molar-refractivity contribution in [3.8, 4) is 6.07 Å². The molecule has 0 aliphatic heterocycles. The summed E-state index contributed by atoms with van der Waals surface area (Å²) < 4.78 is 0.